The topological polar surface area (TPSA) is 106 Å². The Bertz CT molecular complexity index is 2760. The summed E-state index contributed by atoms with van der Waals surface area (Å²) in [6.07, 6.45) is 6.66. The Kier molecular flexibility index (Phi) is 11.9. The predicted molar refractivity (Wildman–Crippen MR) is 229 cm³/mol. The maximum Gasteiger partial charge on any atom is 0.269 e. The van der Waals surface area contributed by atoms with Crippen LogP contribution in [0, 0.1) is 11.6 Å². The molecule has 3 aromatic heterocycles. The van der Waals surface area contributed by atoms with Crippen molar-refractivity contribution in [1.82, 2.24) is 35.0 Å². The van der Waals surface area contributed by atoms with E-state index >= 15 is 4.39 Å². The number of aryl methyl sites for hydroxylation is 3. The Morgan fingerprint density at radius 1 is 0.617 bits per heavy atom. The first-order valence-corrected chi connectivity index (χ1v) is 20.0. The Hall–Kier alpha value is -7.27. The summed E-state index contributed by atoms with van der Waals surface area (Å²) in [6.45, 7) is 0.990. The monoisotopic (exact) mass is 799 g/mol. The summed E-state index contributed by atoms with van der Waals surface area (Å²) >= 11 is 0. The Balaban J connectivity index is 0.812. The van der Waals surface area contributed by atoms with Gasteiger partial charge in [0.25, 0.3) is 11.8 Å². The first-order chi connectivity index (χ1) is 29.3. The van der Waals surface area contributed by atoms with Gasteiger partial charge in [0.05, 0.1) is 17.0 Å². The van der Waals surface area contributed by atoms with Crippen molar-refractivity contribution >= 4 is 17.5 Å². The average Bonchev–Trinajstić information content (AvgIpc) is 3.87. The molecule has 0 saturated carbocycles. The van der Waals surface area contributed by atoms with Gasteiger partial charge in [-0.25, -0.2) is 18.3 Å². The Labute approximate surface area is 346 Å². The number of fused-ring (bicyclic) bond motifs is 1. The van der Waals surface area contributed by atoms with Crippen molar-refractivity contribution in [3.05, 3.63) is 191 Å². The van der Waals surface area contributed by atoms with Gasteiger partial charge in [0.15, 0.2) is 5.65 Å². The molecule has 11 heteroatoms. The van der Waals surface area contributed by atoms with E-state index in [0.29, 0.717) is 47.5 Å². The lowest BCUT2D eigenvalue weighted by Crippen LogP contribution is -2.26. The second-order valence-corrected chi connectivity index (χ2v) is 14.8. The molecule has 5 aromatic carbocycles. The van der Waals surface area contributed by atoms with E-state index in [4.69, 9.17) is 0 Å². The summed E-state index contributed by atoms with van der Waals surface area (Å²) in [5, 5.41) is 15.1. The fourth-order valence-corrected chi connectivity index (χ4v) is 7.25. The second kappa shape index (κ2) is 18.1. The molecule has 2 amide bonds. The van der Waals surface area contributed by atoms with Crippen molar-refractivity contribution in [2.45, 2.75) is 32.1 Å². The maximum absolute atomic E-state index is 15.1. The minimum absolute atomic E-state index is 0.169. The van der Waals surface area contributed by atoms with Crippen LogP contribution in [0.3, 0.4) is 0 Å². The third-order valence-electron chi connectivity index (χ3n) is 10.5. The minimum atomic E-state index is -0.315. The van der Waals surface area contributed by atoms with Gasteiger partial charge in [-0.05, 0) is 77.8 Å². The first kappa shape index (κ1) is 39.6. The van der Waals surface area contributed by atoms with Crippen LogP contribution in [0.4, 0.5) is 8.78 Å². The lowest BCUT2D eigenvalue weighted by Gasteiger charge is -2.09. The number of carbonyl (C=O) groups excluding carboxylic acids is 2. The average molecular weight is 800 g/mol. The summed E-state index contributed by atoms with van der Waals surface area (Å²) in [5.41, 5.74) is 9.69. The molecule has 0 aliphatic heterocycles. The van der Waals surface area contributed by atoms with Crippen molar-refractivity contribution < 1.29 is 18.4 Å². The van der Waals surface area contributed by atoms with Gasteiger partial charge in [-0.3, -0.25) is 14.3 Å². The molecule has 3 heterocycles. The number of hydrogen-bond acceptors (Lipinski definition) is 5. The van der Waals surface area contributed by atoms with Gasteiger partial charge in [-0.15, -0.1) is 0 Å². The number of hydrogen-bond donors (Lipinski definition) is 2. The number of rotatable bonds is 15. The number of amides is 2. The Morgan fingerprint density at radius 2 is 1.23 bits per heavy atom. The zero-order chi connectivity index (χ0) is 41.4. The van der Waals surface area contributed by atoms with Gasteiger partial charge in [0.2, 0.25) is 0 Å². The molecule has 0 radical (unpaired) electrons. The molecule has 0 aliphatic carbocycles. The summed E-state index contributed by atoms with van der Waals surface area (Å²) in [6, 6.07) is 40.8. The molecule has 0 aliphatic rings. The zero-order valence-electron chi connectivity index (χ0n) is 33.1. The highest BCUT2D eigenvalue weighted by Crippen LogP contribution is 2.27. The van der Waals surface area contributed by atoms with Crippen LogP contribution in [0.25, 0.3) is 39.2 Å². The van der Waals surface area contributed by atoms with Crippen molar-refractivity contribution in [1.29, 1.82) is 0 Å². The number of halogens is 2. The van der Waals surface area contributed by atoms with E-state index in [1.54, 1.807) is 46.7 Å². The highest BCUT2D eigenvalue weighted by Gasteiger charge is 2.15. The molecule has 0 unspecified atom stereocenters. The summed E-state index contributed by atoms with van der Waals surface area (Å²) in [4.78, 5) is 30.3. The molecule has 8 rings (SSSR count). The number of aromatic nitrogens is 5. The molecular weight excluding hydrogens is 757 g/mol. The van der Waals surface area contributed by atoms with Crippen LogP contribution in [0.15, 0.2) is 146 Å². The molecular formula is C49H43F2N7O2. The third-order valence-corrected chi connectivity index (χ3v) is 10.5. The van der Waals surface area contributed by atoms with Crippen LogP contribution in [-0.4, -0.2) is 49.3 Å². The number of nitrogens with one attached hydrogen (secondary N) is 2. The number of nitrogens with zero attached hydrogens (tertiary/aromatic N) is 5. The van der Waals surface area contributed by atoms with Crippen LogP contribution in [-0.2, 0) is 26.3 Å². The maximum atomic E-state index is 15.1. The van der Waals surface area contributed by atoms with Gasteiger partial charge >= 0.3 is 0 Å². The van der Waals surface area contributed by atoms with E-state index in [-0.39, 0.29) is 23.4 Å². The molecule has 0 saturated heterocycles. The van der Waals surface area contributed by atoms with E-state index in [1.165, 1.54) is 18.3 Å². The van der Waals surface area contributed by atoms with Crippen LogP contribution >= 0.6 is 0 Å². The van der Waals surface area contributed by atoms with Gasteiger partial charge in [0, 0.05) is 61.7 Å². The third kappa shape index (κ3) is 9.37. The lowest BCUT2D eigenvalue weighted by molar-refractivity contribution is 0.0938. The summed E-state index contributed by atoms with van der Waals surface area (Å²) in [7, 11) is 1.77. The van der Waals surface area contributed by atoms with Gasteiger partial charge in [0.1, 0.15) is 17.3 Å². The highest BCUT2D eigenvalue weighted by atomic mass is 19.1. The molecule has 0 fully saturated rings. The van der Waals surface area contributed by atoms with Crippen molar-refractivity contribution in [2.24, 2.45) is 7.05 Å². The molecule has 300 valence electrons. The molecule has 0 atom stereocenters. The first-order valence-electron chi connectivity index (χ1n) is 20.0. The summed E-state index contributed by atoms with van der Waals surface area (Å²) < 4.78 is 32.5. The number of benzene rings is 5. The van der Waals surface area contributed by atoms with Crippen LogP contribution in [0.5, 0.6) is 0 Å². The van der Waals surface area contributed by atoms with E-state index in [9.17, 15) is 14.0 Å². The van der Waals surface area contributed by atoms with Crippen molar-refractivity contribution in [2.75, 3.05) is 13.1 Å². The normalized spacial score (nSPS) is 11.2. The quantitative estimate of drug-likeness (QED) is 0.101. The van der Waals surface area contributed by atoms with E-state index in [0.717, 1.165) is 70.5 Å². The van der Waals surface area contributed by atoms with Crippen LogP contribution in [0.2, 0.25) is 0 Å². The van der Waals surface area contributed by atoms with Crippen molar-refractivity contribution in [3.8, 4) is 33.5 Å². The smallest absolute Gasteiger partial charge is 0.269 e. The number of carbonyl (C=O) groups is 2. The molecule has 0 bridgehead atoms. The van der Waals surface area contributed by atoms with Crippen LogP contribution in [0.1, 0.15) is 56.1 Å². The predicted octanol–water partition coefficient (Wildman–Crippen LogP) is 9.06. The van der Waals surface area contributed by atoms with Crippen LogP contribution < -0.4 is 10.6 Å². The molecule has 8 aromatic rings. The fraction of sp³-hybridized carbons (Fsp3) is 0.163. The summed E-state index contributed by atoms with van der Waals surface area (Å²) in [5.74, 6) is -0.972. The Morgan fingerprint density at radius 3 is 1.93 bits per heavy atom. The SMILES string of the molecule is Cn1nc(-c2ccccc2)cc1C(=O)NCCCc1ccc(-c2cc(Cc3cc4ncc(C(=O)NCCCc5ccc(-c6ccccc6F)cc5)cn4n3)ccc2F)cc1. The van der Waals surface area contributed by atoms with E-state index in [2.05, 4.69) is 25.8 Å². The zero-order valence-corrected chi connectivity index (χ0v) is 33.1. The van der Waals surface area contributed by atoms with Crippen molar-refractivity contribution in [3.63, 3.8) is 0 Å². The second-order valence-electron chi connectivity index (χ2n) is 14.8. The molecule has 0 spiro atoms. The fourth-order valence-electron chi connectivity index (χ4n) is 7.25. The minimum Gasteiger partial charge on any atom is -0.352 e. The van der Waals surface area contributed by atoms with Gasteiger partial charge in [-0.2, -0.15) is 10.2 Å². The highest BCUT2D eigenvalue weighted by molar-refractivity contribution is 5.94. The molecule has 60 heavy (non-hydrogen) atoms. The van der Waals surface area contributed by atoms with Gasteiger partial charge in [-0.1, -0.05) is 103 Å². The van der Waals surface area contributed by atoms with E-state index < -0.39 is 0 Å². The lowest BCUT2D eigenvalue weighted by atomic mass is 9.98. The van der Waals surface area contributed by atoms with Gasteiger partial charge < -0.3 is 10.6 Å². The largest absolute Gasteiger partial charge is 0.352 e. The molecule has 2 N–H and O–H groups in total. The standard InChI is InChI=1S/C49H43F2N7O2/c1-57-46(30-45(56-57)38-11-3-2-4-12-38)49(60)53-26-8-10-34-17-22-37(23-18-34)42-28-35(19-24-44(42)51)27-40-29-47-54-31-39(32-58(47)55-40)48(59)52-25-7-9-33-15-20-36(21-16-33)41-13-5-6-14-43(41)50/h2-6,11-24,28-32H,7-10,25-27H2,1H3,(H,52,59)(H,53,60). The van der Waals surface area contributed by atoms with E-state index in [1.807, 2.05) is 97.1 Å². The molecule has 9 nitrogen and oxygen atoms in total.